The summed E-state index contributed by atoms with van der Waals surface area (Å²) in [5.41, 5.74) is 2.92. The average Bonchev–Trinajstić information content (AvgIpc) is 2.77. The molecular weight excluding hydrogens is 271 g/mol. The van der Waals surface area contributed by atoms with Gasteiger partial charge in [0.15, 0.2) is 0 Å². The zero-order valence-corrected chi connectivity index (χ0v) is 11.1. The summed E-state index contributed by atoms with van der Waals surface area (Å²) in [6.07, 6.45) is 0.509. The molecule has 18 heavy (non-hydrogen) atoms. The maximum Gasteiger partial charge on any atom is 0.137 e. The third-order valence-corrected chi connectivity index (χ3v) is 4.11. The molecule has 0 atom stereocenters. The van der Waals surface area contributed by atoms with E-state index in [1.165, 1.54) is 12.1 Å². The molecule has 0 saturated carbocycles. The second-order valence-electron chi connectivity index (χ2n) is 4.16. The van der Waals surface area contributed by atoms with E-state index in [1.54, 1.807) is 17.8 Å². The Hall–Kier alpha value is -1.13. The molecule has 0 N–H and O–H groups in total. The van der Waals surface area contributed by atoms with Gasteiger partial charge in [-0.2, -0.15) is 11.8 Å². The van der Waals surface area contributed by atoms with Crippen LogP contribution in [-0.4, -0.2) is 9.97 Å². The number of nitrogens with zero attached hydrogens (tertiary/aromatic N) is 2. The van der Waals surface area contributed by atoms with Gasteiger partial charge in [-0.15, -0.1) is 0 Å². The molecule has 92 valence electrons. The lowest BCUT2D eigenvalue weighted by Gasteiger charge is -2.05. The van der Waals surface area contributed by atoms with Crippen LogP contribution in [0.2, 0.25) is 5.15 Å². The topological polar surface area (TPSA) is 25.8 Å². The molecule has 0 unspecified atom stereocenters. The first-order chi connectivity index (χ1) is 8.72. The van der Waals surface area contributed by atoms with E-state index in [-0.39, 0.29) is 5.82 Å². The number of thioether (sulfide) groups is 1. The van der Waals surface area contributed by atoms with Crippen molar-refractivity contribution in [3.63, 3.8) is 0 Å². The van der Waals surface area contributed by atoms with Gasteiger partial charge in [0, 0.05) is 23.5 Å². The Balaban J connectivity index is 1.92. The number of halogens is 2. The zero-order chi connectivity index (χ0) is 12.5. The first-order valence-electron chi connectivity index (χ1n) is 5.59. The highest BCUT2D eigenvalue weighted by Gasteiger charge is 2.18. The van der Waals surface area contributed by atoms with Crippen LogP contribution in [0.4, 0.5) is 4.39 Å². The van der Waals surface area contributed by atoms with Crippen molar-refractivity contribution in [1.82, 2.24) is 9.97 Å². The number of rotatable bonds is 2. The molecule has 1 aliphatic heterocycles. The molecule has 2 heterocycles. The predicted molar refractivity (Wildman–Crippen MR) is 71.2 cm³/mol. The van der Waals surface area contributed by atoms with E-state index in [4.69, 9.17) is 11.6 Å². The number of hydrogen-bond acceptors (Lipinski definition) is 3. The lowest BCUT2D eigenvalue weighted by atomic mass is 10.1. The van der Waals surface area contributed by atoms with Crippen LogP contribution in [0.15, 0.2) is 24.3 Å². The Kier molecular flexibility index (Phi) is 3.22. The molecular formula is C13H10ClFN2S. The van der Waals surface area contributed by atoms with Crippen LogP contribution in [0.25, 0.3) is 0 Å². The van der Waals surface area contributed by atoms with Crippen molar-refractivity contribution in [2.24, 2.45) is 0 Å². The highest BCUT2D eigenvalue weighted by Crippen LogP contribution is 2.32. The Bertz CT molecular complexity index is 604. The van der Waals surface area contributed by atoms with Crippen molar-refractivity contribution < 1.29 is 4.39 Å². The zero-order valence-electron chi connectivity index (χ0n) is 9.49. The molecule has 0 saturated heterocycles. The minimum absolute atomic E-state index is 0.240. The van der Waals surface area contributed by atoms with Crippen LogP contribution in [0.1, 0.15) is 22.6 Å². The van der Waals surface area contributed by atoms with E-state index in [0.717, 1.165) is 28.3 Å². The molecule has 0 amide bonds. The van der Waals surface area contributed by atoms with Gasteiger partial charge in [0.2, 0.25) is 0 Å². The van der Waals surface area contributed by atoms with E-state index >= 15 is 0 Å². The molecule has 0 spiro atoms. The second-order valence-corrected chi connectivity index (χ2v) is 5.50. The standard InChI is InChI=1S/C13H10ClFN2S/c14-13-10-6-18-7-11(10)16-12(17-13)5-8-2-1-3-9(15)4-8/h1-4H,5-7H2. The predicted octanol–water partition coefficient (Wildman–Crippen LogP) is 3.61. The number of benzene rings is 1. The summed E-state index contributed by atoms with van der Waals surface area (Å²) >= 11 is 7.92. The highest BCUT2D eigenvalue weighted by molar-refractivity contribution is 7.98. The van der Waals surface area contributed by atoms with Gasteiger partial charge in [0.25, 0.3) is 0 Å². The largest absolute Gasteiger partial charge is 0.236 e. The summed E-state index contributed by atoms with van der Waals surface area (Å²) in [6, 6.07) is 6.48. The monoisotopic (exact) mass is 280 g/mol. The smallest absolute Gasteiger partial charge is 0.137 e. The molecule has 2 aromatic rings. The normalized spacial score (nSPS) is 13.7. The summed E-state index contributed by atoms with van der Waals surface area (Å²) in [4.78, 5) is 8.79. The Morgan fingerprint density at radius 1 is 1.28 bits per heavy atom. The van der Waals surface area contributed by atoms with Crippen molar-refractivity contribution in [2.45, 2.75) is 17.9 Å². The summed E-state index contributed by atoms with van der Waals surface area (Å²) in [7, 11) is 0. The molecule has 3 rings (SSSR count). The van der Waals surface area contributed by atoms with Gasteiger partial charge >= 0.3 is 0 Å². The SMILES string of the molecule is Fc1cccc(Cc2nc(Cl)c3c(n2)CSC3)c1. The van der Waals surface area contributed by atoms with Crippen molar-refractivity contribution in [3.8, 4) is 0 Å². The molecule has 0 bridgehead atoms. The van der Waals surface area contributed by atoms with Crippen molar-refractivity contribution in [1.29, 1.82) is 0 Å². The fourth-order valence-corrected chi connectivity index (χ4v) is 3.36. The molecule has 0 aliphatic carbocycles. The van der Waals surface area contributed by atoms with Crippen LogP contribution < -0.4 is 0 Å². The maximum absolute atomic E-state index is 13.1. The van der Waals surface area contributed by atoms with Crippen LogP contribution in [0.5, 0.6) is 0 Å². The highest BCUT2D eigenvalue weighted by atomic mass is 35.5. The van der Waals surface area contributed by atoms with Gasteiger partial charge in [-0.25, -0.2) is 14.4 Å². The minimum atomic E-state index is -0.240. The first kappa shape index (κ1) is 11.9. The van der Waals surface area contributed by atoms with Gasteiger partial charge in [-0.3, -0.25) is 0 Å². The van der Waals surface area contributed by atoms with Crippen molar-refractivity contribution in [3.05, 3.63) is 57.9 Å². The molecule has 1 aromatic heterocycles. The summed E-state index contributed by atoms with van der Waals surface area (Å²) in [5.74, 6) is 2.18. The first-order valence-corrected chi connectivity index (χ1v) is 7.12. The Labute approximate surface area is 114 Å². The number of hydrogen-bond donors (Lipinski definition) is 0. The lowest BCUT2D eigenvalue weighted by molar-refractivity contribution is 0.625. The van der Waals surface area contributed by atoms with E-state index in [9.17, 15) is 4.39 Å². The summed E-state index contributed by atoms with van der Waals surface area (Å²) in [5, 5.41) is 0.538. The van der Waals surface area contributed by atoms with Crippen LogP contribution in [0, 0.1) is 5.82 Å². The maximum atomic E-state index is 13.1. The van der Waals surface area contributed by atoms with Gasteiger partial charge in [-0.05, 0) is 17.7 Å². The summed E-state index contributed by atoms with van der Waals surface area (Å²) in [6.45, 7) is 0. The molecule has 0 fully saturated rings. The third kappa shape index (κ3) is 2.35. The minimum Gasteiger partial charge on any atom is -0.236 e. The molecule has 2 nitrogen and oxygen atoms in total. The van der Waals surface area contributed by atoms with E-state index in [1.807, 2.05) is 6.07 Å². The van der Waals surface area contributed by atoms with Gasteiger partial charge in [0.05, 0.1) is 5.69 Å². The summed E-state index contributed by atoms with van der Waals surface area (Å²) < 4.78 is 13.1. The Morgan fingerprint density at radius 2 is 2.17 bits per heavy atom. The molecule has 1 aromatic carbocycles. The van der Waals surface area contributed by atoms with Gasteiger partial charge < -0.3 is 0 Å². The van der Waals surface area contributed by atoms with Gasteiger partial charge in [0.1, 0.15) is 16.8 Å². The van der Waals surface area contributed by atoms with E-state index in [2.05, 4.69) is 9.97 Å². The average molecular weight is 281 g/mol. The fraction of sp³-hybridized carbons (Fsp3) is 0.231. The van der Waals surface area contributed by atoms with Gasteiger partial charge in [-0.1, -0.05) is 23.7 Å². The molecule has 5 heteroatoms. The fourth-order valence-electron chi connectivity index (χ4n) is 1.97. The van der Waals surface area contributed by atoms with Crippen molar-refractivity contribution in [2.75, 3.05) is 0 Å². The second kappa shape index (κ2) is 4.86. The van der Waals surface area contributed by atoms with Crippen LogP contribution in [0.3, 0.4) is 0 Å². The Morgan fingerprint density at radius 3 is 3.00 bits per heavy atom. The number of aromatic nitrogens is 2. The molecule has 0 radical (unpaired) electrons. The quantitative estimate of drug-likeness (QED) is 0.786. The van der Waals surface area contributed by atoms with Crippen LogP contribution >= 0.6 is 23.4 Å². The third-order valence-electron chi connectivity index (χ3n) is 2.83. The van der Waals surface area contributed by atoms with E-state index in [0.29, 0.717) is 17.4 Å². The molecule has 1 aliphatic rings. The number of fused-ring (bicyclic) bond motifs is 1. The van der Waals surface area contributed by atoms with Crippen LogP contribution in [-0.2, 0) is 17.9 Å². The van der Waals surface area contributed by atoms with Crippen molar-refractivity contribution >= 4 is 23.4 Å². The lowest BCUT2D eigenvalue weighted by Crippen LogP contribution is -2.02. The van der Waals surface area contributed by atoms with E-state index < -0.39 is 0 Å².